The number of piperidine rings is 1. The number of fused-ring (bicyclic) bond motifs is 1. The normalized spacial score (nSPS) is 14.8. The highest BCUT2D eigenvalue weighted by Crippen LogP contribution is 2.22. The molecule has 0 amide bonds. The van der Waals surface area contributed by atoms with Gasteiger partial charge in [0.25, 0.3) is 0 Å². The minimum absolute atomic E-state index is 0.378. The highest BCUT2D eigenvalue weighted by molar-refractivity contribution is 5.60. The Labute approximate surface area is 167 Å². The molecule has 0 bridgehead atoms. The van der Waals surface area contributed by atoms with E-state index >= 15 is 0 Å². The van der Waals surface area contributed by atoms with Gasteiger partial charge in [-0.2, -0.15) is 5.10 Å². The summed E-state index contributed by atoms with van der Waals surface area (Å²) in [7, 11) is 0. The summed E-state index contributed by atoms with van der Waals surface area (Å²) >= 11 is 0. The zero-order valence-electron chi connectivity index (χ0n) is 17.3. The standard InChI is InChI=1S/C19H25N7.C2H6/c1-13(2)15-12-23-26-10-6-17(24-18(15)26)16-5-9-21-19(25-16)22-11-14-3-7-20-8-4-14;1-2/h5-6,9-10,12-14,20H,3-4,7-8,11H2,1-2H3,(H,21,22,25);1-2H3. The zero-order valence-corrected chi connectivity index (χ0v) is 17.3. The maximum absolute atomic E-state index is 4.79. The third-order valence-corrected chi connectivity index (χ3v) is 4.94. The van der Waals surface area contributed by atoms with Gasteiger partial charge in [-0.05, 0) is 49.9 Å². The number of hydrogen-bond donors (Lipinski definition) is 2. The predicted molar refractivity (Wildman–Crippen MR) is 114 cm³/mol. The molecule has 2 N–H and O–H groups in total. The van der Waals surface area contributed by atoms with E-state index in [1.165, 1.54) is 12.8 Å². The molecule has 7 nitrogen and oxygen atoms in total. The van der Waals surface area contributed by atoms with Crippen molar-refractivity contribution in [1.82, 2.24) is 29.9 Å². The average molecular weight is 382 g/mol. The molecule has 0 atom stereocenters. The second-order valence-corrected chi connectivity index (χ2v) is 7.18. The van der Waals surface area contributed by atoms with Crippen LogP contribution in [0.25, 0.3) is 17.0 Å². The van der Waals surface area contributed by atoms with Crippen LogP contribution >= 0.6 is 0 Å². The SMILES string of the molecule is CC.CC(C)c1cnn2ccc(-c3ccnc(NCC4CCNCC4)n3)nc12. The Morgan fingerprint density at radius 3 is 2.64 bits per heavy atom. The number of rotatable bonds is 5. The lowest BCUT2D eigenvalue weighted by atomic mass is 9.98. The minimum Gasteiger partial charge on any atom is -0.354 e. The highest BCUT2D eigenvalue weighted by atomic mass is 15.2. The zero-order chi connectivity index (χ0) is 19.9. The Morgan fingerprint density at radius 1 is 1.14 bits per heavy atom. The van der Waals surface area contributed by atoms with Gasteiger partial charge in [0.05, 0.1) is 17.6 Å². The molecule has 0 radical (unpaired) electrons. The Hall–Kier alpha value is -2.54. The van der Waals surface area contributed by atoms with Crippen molar-refractivity contribution in [1.29, 1.82) is 0 Å². The van der Waals surface area contributed by atoms with Crippen LogP contribution in [0.1, 0.15) is 52.0 Å². The van der Waals surface area contributed by atoms with E-state index in [9.17, 15) is 0 Å². The second kappa shape index (κ2) is 9.59. The first kappa shape index (κ1) is 20.2. The summed E-state index contributed by atoms with van der Waals surface area (Å²) < 4.78 is 1.82. The van der Waals surface area contributed by atoms with Crippen molar-refractivity contribution < 1.29 is 0 Å². The van der Waals surface area contributed by atoms with Gasteiger partial charge in [-0.1, -0.05) is 27.7 Å². The van der Waals surface area contributed by atoms with E-state index in [2.05, 4.69) is 39.5 Å². The third kappa shape index (κ3) is 4.65. The number of nitrogens with one attached hydrogen (secondary N) is 2. The van der Waals surface area contributed by atoms with Crippen LogP contribution in [-0.4, -0.2) is 44.2 Å². The third-order valence-electron chi connectivity index (χ3n) is 4.94. The maximum Gasteiger partial charge on any atom is 0.223 e. The molecule has 1 saturated heterocycles. The molecule has 0 unspecified atom stereocenters. The molecule has 1 aliphatic rings. The quantitative estimate of drug-likeness (QED) is 0.701. The molecule has 3 aromatic rings. The predicted octanol–water partition coefficient (Wildman–Crippen LogP) is 3.75. The van der Waals surface area contributed by atoms with Crippen LogP contribution in [0.4, 0.5) is 5.95 Å². The molecule has 28 heavy (non-hydrogen) atoms. The summed E-state index contributed by atoms with van der Waals surface area (Å²) in [5.74, 6) is 1.72. The van der Waals surface area contributed by atoms with Crippen molar-refractivity contribution in [2.75, 3.05) is 25.0 Å². The van der Waals surface area contributed by atoms with E-state index in [0.717, 1.165) is 42.2 Å². The van der Waals surface area contributed by atoms with E-state index in [0.29, 0.717) is 17.8 Å². The molecule has 0 aliphatic carbocycles. The Kier molecular flexibility index (Phi) is 6.92. The first-order valence-electron chi connectivity index (χ1n) is 10.3. The summed E-state index contributed by atoms with van der Waals surface area (Å²) in [5, 5.41) is 11.2. The van der Waals surface area contributed by atoms with Crippen molar-refractivity contribution in [3.8, 4) is 11.4 Å². The average Bonchev–Trinajstić information content (AvgIpc) is 3.18. The Balaban J connectivity index is 0.00000109. The largest absolute Gasteiger partial charge is 0.354 e. The van der Waals surface area contributed by atoms with Crippen LogP contribution in [0.3, 0.4) is 0 Å². The molecule has 0 saturated carbocycles. The van der Waals surface area contributed by atoms with Crippen LogP contribution in [0.15, 0.2) is 30.7 Å². The lowest BCUT2D eigenvalue weighted by Gasteiger charge is -2.22. The summed E-state index contributed by atoms with van der Waals surface area (Å²) in [5.41, 5.74) is 3.70. The van der Waals surface area contributed by atoms with Crippen LogP contribution in [-0.2, 0) is 0 Å². The lowest BCUT2D eigenvalue weighted by Crippen LogP contribution is -2.31. The maximum atomic E-state index is 4.79. The van der Waals surface area contributed by atoms with Crippen molar-refractivity contribution >= 4 is 11.6 Å². The van der Waals surface area contributed by atoms with Crippen molar-refractivity contribution in [2.24, 2.45) is 5.92 Å². The van der Waals surface area contributed by atoms with Gasteiger partial charge in [0.15, 0.2) is 5.65 Å². The molecular formula is C21H31N7. The van der Waals surface area contributed by atoms with Gasteiger partial charge in [0.1, 0.15) is 0 Å². The van der Waals surface area contributed by atoms with Crippen molar-refractivity contribution in [3.05, 3.63) is 36.3 Å². The molecule has 1 fully saturated rings. The van der Waals surface area contributed by atoms with E-state index in [1.807, 2.05) is 42.9 Å². The van der Waals surface area contributed by atoms with Gasteiger partial charge in [-0.3, -0.25) is 0 Å². The fourth-order valence-corrected chi connectivity index (χ4v) is 3.34. The Morgan fingerprint density at radius 2 is 1.89 bits per heavy atom. The summed E-state index contributed by atoms with van der Waals surface area (Å²) in [6.07, 6.45) is 8.02. The van der Waals surface area contributed by atoms with Gasteiger partial charge >= 0.3 is 0 Å². The fourth-order valence-electron chi connectivity index (χ4n) is 3.34. The van der Waals surface area contributed by atoms with E-state index in [1.54, 1.807) is 6.20 Å². The molecule has 0 spiro atoms. The molecule has 150 valence electrons. The smallest absolute Gasteiger partial charge is 0.223 e. The second-order valence-electron chi connectivity index (χ2n) is 7.18. The van der Waals surface area contributed by atoms with Crippen molar-refractivity contribution in [3.63, 3.8) is 0 Å². The highest BCUT2D eigenvalue weighted by Gasteiger charge is 2.14. The monoisotopic (exact) mass is 381 g/mol. The van der Waals surface area contributed by atoms with Crippen LogP contribution < -0.4 is 10.6 Å². The van der Waals surface area contributed by atoms with Gasteiger partial charge in [0, 0.05) is 24.5 Å². The van der Waals surface area contributed by atoms with Gasteiger partial charge in [-0.15, -0.1) is 0 Å². The van der Waals surface area contributed by atoms with Crippen LogP contribution in [0.2, 0.25) is 0 Å². The summed E-state index contributed by atoms with van der Waals surface area (Å²) in [6.45, 7) is 11.4. The molecule has 1 aliphatic heterocycles. The molecule has 7 heteroatoms. The van der Waals surface area contributed by atoms with E-state index in [4.69, 9.17) is 4.98 Å². The minimum atomic E-state index is 0.378. The van der Waals surface area contributed by atoms with Gasteiger partial charge < -0.3 is 10.6 Å². The fraction of sp³-hybridized carbons (Fsp3) is 0.524. The van der Waals surface area contributed by atoms with Gasteiger partial charge in [0.2, 0.25) is 5.95 Å². The van der Waals surface area contributed by atoms with Crippen LogP contribution in [0, 0.1) is 5.92 Å². The molecule has 0 aromatic carbocycles. The van der Waals surface area contributed by atoms with Gasteiger partial charge in [-0.25, -0.2) is 19.5 Å². The lowest BCUT2D eigenvalue weighted by molar-refractivity contribution is 0.389. The van der Waals surface area contributed by atoms with E-state index < -0.39 is 0 Å². The first-order valence-corrected chi connectivity index (χ1v) is 10.3. The van der Waals surface area contributed by atoms with Crippen molar-refractivity contribution in [2.45, 2.75) is 46.5 Å². The summed E-state index contributed by atoms with van der Waals surface area (Å²) in [6, 6.07) is 3.85. The summed E-state index contributed by atoms with van der Waals surface area (Å²) in [4.78, 5) is 13.8. The molecule has 4 rings (SSSR count). The first-order chi connectivity index (χ1) is 13.7. The molecular weight excluding hydrogens is 350 g/mol. The number of hydrogen-bond acceptors (Lipinski definition) is 6. The number of aromatic nitrogens is 5. The molecule has 3 aromatic heterocycles. The molecule has 4 heterocycles. The topological polar surface area (TPSA) is 80.0 Å². The number of anilines is 1. The van der Waals surface area contributed by atoms with E-state index in [-0.39, 0.29) is 0 Å². The Bertz CT molecular complexity index is 881. The number of nitrogens with zero attached hydrogens (tertiary/aromatic N) is 5. The van der Waals surface area contributed by atoms with Crippen LogP contribution in [0.5, 0.6) is 0 Å².